The van der Waals surface area contributed by atoms with E-state index in [-0.39, 0.29) is 50.1 Å². The summed E-state index contributed by atoms with van der Waals surface area (Å²) in [6, 6.07) is 14.6. The van der Waals surface area contributed by atoms with Gasteiger partial charge >= 0.3 is 5.97 Å². The number of hydroxylamine groups is 2. The lowest BCUT2D eigenvalue weighted by Crippen LogP contribution is -2.69. The highest BCUT2D eigenvalue weighted by Crippen LogP contribution is 2.61. The van der Waals surface area contributed by atoms with Crippen LogP contribution in [0.1, 0.15) is 152 Å². The largest absolute Gasteiger partial charge is 0.458 e. The van der Waals surface area contributed by atoms with Crippen LogP contribution in [0.4, 0.5) is 0 Å². The van der Waals surface area contributed by atoms with Crippen LogP contribution in [-0.2, 0) is 46.5 Å². The number of nitrogens with zero attached hydrogens (tertiary/aromatic N) is 1. The van der Waals surface area contributed by atoms with E-state index in [9.17, 15) is 14.7 Å². The van der Waals surface area contributed by atoms with Gasteiger partial charge in [-0.05, 0) is 97.9 Å². The molecule has 10 atom stereocenters. The molecule has 3 N–H and O–H groups in total. The summed E-state index contributed by atoms with van der Waals surface area (Å²) in [6.07, 6.45) is 13.5. The molecule has 0 aromatic heterocycles. The third-order valence-electron chi connectivity index (χ3n) is 16.1. The van der Waals surface area contributed by atoms with E-state index in [0.717, 1.165) is 87.3 Å². The molecule has 4 aliphatic heterocycles. The maximum atomic E-state index is 15.0. The average Bonchev–Trinajstić information content (AvgIpc) is 3.56. The molecule has 0 spiro atoms. The van der Waals surface area contributed by atoms with Crippen LogP contribution in [0.25, 0.3) is 6.08 Å². The van der Waals surface area contributed by atoms with Crippen molar-refractivity contribution >= 4 is 23.9 Å². The van der Waals surface area contributed by atoms with Gasteiger partial charge in [-0.1, -0.05) is 101 Å². The molecule has 348 valence electrons. The second-order valence-corrected chi connectivity index (χ2v) is 20.9. The minimum absolute atomic E-state index is 0.0459. The molecule has 12 nitrogen and oxygen atoms in total. The maximum absolute atomic E-state index is 15.0. The second kappa shape index (κ2) is 18.2. The molecule has 2 aromatic carbocycles. The number of esters is 1. The van der Waals surface area contributed by atoms with Crippen molar-refractivity contribution in [2.24, 2.45) is 22.7 Å². The number of fused-ring (bicyclic) bond motifs is 6. The number of hydrogen-bond acceptors (Lipinski definition) is 10. The van der Waals surface area contributed by atoms with Crippen LogP contribution in [0.5, 0.6) is 0 Å². The van der Waals surface area contributed by atoms with Crippen LogP contribution < -0.4 is 10.6 Å². The van der Waals surface area contributed by atoms with E-state index >= 15 is 4.79 Å². The molecule has 7 fully saturated rings. The van der Waals surface area contributed by atoms with Gasteiger partial charge in [0.2, 0.25) is 5.91 Å². The number of amides is 2. The van der Waals surface area contributed by atoms with Crippen LogP contribution >= 0.6 is 0 Å². The lowest BCUT2D eigenvalue weighted by Gasteiger charge is -2.53. The summed E-state index contributed by atoms with van der Waals surface area (Å²) < 4.78 is 26.5. The zero-order valence-corrected chi connectivity index (χ0v) is 38.7. The molecule has 4 saturated heterocycles. The summed E-state index contributed by atoms with van der Waals surface area (Å²) in [7, 11) is 0. The van der Waals surface area contributed by atoms with Gasteiger partial charge in [-0.25, -0.2) is 0 Å². The molecule has 2 amide bonds. The minimum atomic E-state index is -1.32. The Labute approximate surface area is 379 Å². The molecule has 12 heteroatoms. The molecule has 4 heterocycles. The molecule has 3 aliphatic carbocycles. The Morgan fingerprint density at radius 2 is 1.64 bits per heavy atom. The molecule has 64 heavy (non-hydrogen) atoms. The number of rotatable bonds is 17. The summed E-state index contributed by atoms with van der Waals surface area (Å²) in [6.45, 7) is 11.9. The summed E-state index contributed by atoms with van der Waals surface area (Å²) in [5.74, 6) is -0.716. The zero-order valence-electron chi connectivity index (χ0n) is 38.7. The van der Waals surface area contributed by atoms with E-state index in [2.05, 4.69) is 75.6 Å². The number of epoxide rings is 1. The van der Waals surface area contributed by atoms with Crippen molar-refractivity contribution in [1.29, 1.82) is 0 Å². The predicted molar refractivity (Wildman–Crippen MR) is 241 cm³/mol. The fraction of sp³-hybridized carbons (Fsp3) is 0.673. The lowest BCUT2D eigenvalue weighted by molar-refractivity contribution is -0.224. The fourth-order valence-corrected chi connectivity index (χ4v) is 12.5. The number of benzene rings is 2. The first kappa shape index (κ1) is 45.5. The number of nitrogens with one attached hydrogen (secondary N) is 2. The van der Waals surface area contributed by atoms with Crippen LogP contribution in [0.3, 0.4) is 0 Å². The Kier molecular flexibility index (Phi) is 12.9. The van der Waals surface area contributed by atoms with Gasteiger partial charge in [-0.2, -0.15) is 5.06 Å². The molecule has 3 saturated carbocycles. The van der Waals surface area contributed by atoms with E-state index < -0.39 is 47.6 Å². The predicted octanol–water partition coefficient (Wildman–Crippen LogP) is 7.94. The van der Waals surface area contributed by atoms with Crippen LogP contribution in [0.15, 0.2) is 54.1 Å². The van der Waals surface area contributed by atoms with Crippen molar-refractivity contribution in [3.05, 3.63) is 76.4 Å². The molecule has 0 radical (unpaired) electrons. The van der Waals surface area contributed by atoms with Crippen molar-refractivity contribution < 1.29 is 43.3 Å². The quantitative estimate of drug-likeness (QED) is 0.0813. The highest BCUT2D eigenvalue weighted by Gasteiger charge is 2.76. The van der Waals surface area contributed by atoms with Crippen molar-refractivity contribution in [3.8, 4) is 0 Å². The molecule has 2 bridgehead atoms. The fourth-order valence-electron chi connectivity index (χ4n) is 12.5. The summed E-state index contributed by atoms with van der Waals surface area (Å²) in [5, 5.41) is 16.7. The van der Waals surface area contributed by atoms with Crippen LogP contribution in [-0.4, -0.2) is 89.1 Å². The van der Waals surface area contributed by atoms with Crippen LogP contribution in [0, 0.1) is 22.7 Å². The van der Waals surface area contributed by atoms with E-state index in [1.807, 2.05) is 6.07 Å². The Hall–Kier alpha value is -3.65. The van der Waals surface area contributed by atoms with Gasteiger partial charge in [0.05, 0.1) is 24.9 Å². The highest BCUT2D eigenvalue weighted by atomic mass is 16.8. The van der Waals surface area contributed by atoms with E-state index in [4.69, 9.17) is 23.8 Å². The third-order valence-corrected chi connectivity index (χ3v) is 16.1. The van der Waals surface area contributed by atoms with Crippen molar-refractivity contribution in [1.82, 2.24) is 15.7 Å². The van der Waals surface area contributed by atoms with Gasteiger partial charge in [0.15, 0.2) is 11.8 Å². The van der Waals surface area contributed by atoms with E-state index in [0.29, 0.717) is 28.9 Å². The second-order valence-electron chi connectivity index (χ2n) is 20.9. The van der Waals surface area contributed by atoms with Gasteiger partial charge in [0.1, 0.15) is 29.8 Å². The topological polar surface area (TPSA) is 148 Å². The standard InChI is InChI=1S/C52H71N3O9/c1-6-8-10-22-51(23-11-9-7-2)62-42-40-30-52(48(59)54-31-35-13-12-14-37(28-35)46(57)53-25-26-56)44(47(58)60-40)55(64-45(52)43(42)63-51)32-34-17-15-33(16-18-34)27-36-19-20-41-50(5,61-41)24-21-39-38(36)29-49(39,3)4/h12-18,27-28,38-45,56H,6-11,19-26,29-32H2,1-5H3,(H,53,57)(H,54,59)/t38-,39-,40-,41?,42+,43+,44-,45-,50-,52-/m1/s1. The number of ether oxygens (including phenoxy) is 4. The normalized spacial score (nSPS) is 34.8. The highest BCUT2D eigenvalue weighted by molar-refractivity contribution is 5.95. The molecule has 1 unspecified atom stereocenters. The third kappa shape index (κ3) is 8.60. The smallest absolute Gasteiger partial charge is 0.327 e. The van der Waals surface area contributed by atoms with E-state index in [1.165, 1.54) is 18.4 Å². The first-order chi connectivity index (χ1) is 30.8. The molecular weight excluding hydrogens is 811 g/mol. The summed E-state index contributed by atoms with van der Waals surface area (Å²) >= 11 is 0. The Morgan fingerprint density at radius 3 is 2.36 bits per heavy atom. The zero-order chi connectivity index (χ0) is 44.9. The average molecular weight is 882 g/mol. The summed E-state index contributed by atoms with van der Waals surface area (Å²) in [4.78, 5) is 49.1. The van der Waals surface area contributed by atoms with Crippen molar-refractivity contribution in [3.63, 3.8) is 0 Å². The first-order valence-corrected chi connectivity index (χ1v) is 24.5. The minimum Gasteiger partial charge on any atom is -0.458 e. The monoisotopic (exact) mass is 882 g/mol. The van der Waals surface area contributed by atoms with Crippen molar-refractivity contribution in [2.75, 3.05) is 13.2 Å². The maximum Gasteiger partial charge on any atom is 0.327 e. The SMILES string of the molecule is CCCCCC1(CCCCC)O[C@@H]2[C@H](O1)[C@H]1ON(Cc3ccc(C=C4CCC5O[C@]5(C)CC[C@@H]5[C@@H]4CC5(C)C)cc3)[C@@H]3C(=O)O[C@@H]2C[C@]13C(=O)NCc1cccc(C(=O)NCCO)c1. The number of aliphatic hydroxyl groups is 1. The van der Waals surface area contributed by atoms with E-state index in [1.54, 1.807) is 23.3 Å². The number of carbonyl (C=O) groups is 3. The number of carbonyl (C=O) groups excluding carboxylic acids is 3. The van der Waals surface area contributed by atoms with Gasteiger partial charge in [-0.15, -0.1) is 0 Å². The first-order valence-electron chi connectivity index (χ1n) is 24.5. The Morgan fingerprint density at radius 1 is 0.891 bits per heavy atom. The van der Waals surface area contributed by atoms with Crippen LogP contribution in [0.2, 0.25) is 0 Å². The van der Waals surface area contributed by atoms with Gasteiger partial charge in [0.25, 0.3) is 5.91 Å². The molecule has 7 aliphatic rings. The Bertz CT molecular complexity index is 2060. The molecule has 2 aromatic rings. The van der Waals surface area contributed by atoms with Gasteiger partial charge in [0, 0.05) is 37.9 Å². The number of allylic oxidation sites excluding steroid dienone is 1. The molecule has 9 rings (SSSR count). The number of hydrogen-bond donors (Lipinski definition) is 3. The van der Waals surface area contributed by atoms with Gasteiger partial charge < -0.3 is 34.7 Å². The summed E-state index contributed by atoms with van der Waals surface area (Å²) in [5.41, 5.74) is 3.85. The lowest BCUT2D eigenvalue weighted by atomic mass is 9.52. The molecular formula is C52H71N3O9. The van der Waals surface area contributed by atoms with Gasteiger partial charge in [-0.3, -0.25) is 19.2 Å². The number of aliphatic hydroxyl groups excluding tert-OH is 1. The Balaban J connectivity index is 0.983. The number of unbranched alkanes of at least 4 members (excludes halogenated alkanes) is 4. The van der Waals surface area contributed by atoms with Crippen molar-refractivity contribution in [2.45, 2.75) is 186 Å².